The molecular weight excluding hydrogens is 513 g/mol. The Labute approximate surface area is 222 Å². The summed E-state index contributed by atoms with van der Waals surface area (Å²) in [6.45, 7) is 1.16. The Morgan fingerprint density at radius 1 is 1.19 bits per heavy atom. The van der Waals surface area contributed by atoms with Crippen LogP contribution in [0.1, 0.15) is 44.2 Å². The highest BCUT2D eigenvalue weighted by molar-refractivity contribution is 6.34. The van der Waals surface area contributed by atoms with Crippen molar-refractivity contribution in [3.63, 3.8) is 0 Å². The first-order chi connectivity index (χ1) is 17.8. The summed E-state index contributed by atoms with van der Waals surface area (Å²) in [5, 5.41) is 5.58. The number of nitrogen functional groups attached to an aromatic ring is 1. The van der Waals surface area contributed by atoms with Gasteiger partial charge in [-0.05, 0) is 29.8 Å². The molecule has 2 aliphatic rings. The zero-order valence-corrected chi connectivity index (χ0v) is 21.5. The Morgan fingerprint density at radius 2 is 2.00 bits per heavy atom. The van der Waals surface area contributed by atoms with Gasteiger partial charge in [0.2, 0.25) is 0 Å². The molecule has 1 atom stereocenters. The fourth-order valence-electron chi connectivity index (χ4n) is 4.76. The molecule has 0 saturated heterocycles. The maximum atomic E-state index is 13.6. The maximum absolute atomic E-state index is 13.6. The van der Waals surface area contributed by atoms with Crippen LogP contribution in [0.5, 0.6) is 5.75 Å². The molecule has 37 heavy (non-hydrogen) atoms. The van der Waals surface area contributed by atoms with Gasteiger partial charge in [0.15, 0.2) is 5.15 Å². The number of hydrogen-bond acceptors (Lipinski definition) is 6. The largest absolute Gasteiger partial charge is 0.491 e. The number of carbonyl (C=O) groups is 1. The van der Waals surface area contributed by atoms with E-state index in [0.29, 0.717) is 58.2 Å². The summed E-state index contributed by atoms with van der Waals surface area (Å²) in [6, 6.07) is 8.90. The second-order valence-corrected chi connectivity index (χ2v) is 9.81. The monoisotopic (exact) mass is 533 g/mol. The van der Waals surface area contributed by atoms with Crippen molar-refractivity contribution in [2.45, 2.75) is 19.3 Å². The molecule has 2 aliphatic heterocycles. The Balaban J connectivity index is 1.28. The van der Waals surface area contributed by atoms with E-state index in [9.17, 15) is 4.79 Å². The normalized spacial score (nSPS) is 15.6. The molecule has 0 bridgehead atoms. The summed E-state index contributed by atoms with van der Waals surface area (Å²) in [6.07, 6.45) is 1.76. The number of ether oxygens (including phenoxy) is 2. The number of pyridine rings is 1. The molecule has 4 heterocycles. The van der Waals surface area contributed by atoms with Crippen LogP contribution >= 0.6 is 23.2 Å². The molecule has 0 spiro atoms. The maximum Gasteiger partial charge on any atom is 0.255 e. The van der Waals surface area contributed by atoms with Crippen molar-refractivity contribution in [3.05, 3.63) is 80.1 Å². The third-order valence-electron chi connectivity index (χ3n) is 6.73. The van der Waals surface area contributed by atoms with Crippen molar-refractivity contribution < 1.29 is 14.3 Å². The van der Waals surface area contributed by atoms with Gasteiger partial charge < -0.3 is 20.1 Å². The summed E-state index contributed by atoms with van der Waals surface area (Å²) in [4.78, 5) is 19.7. The number of hydrogen-bond donors (Lipinski definition) is 1. The van der Waals surface area contributed by atoms with E-state index in [-0.39, 0.29) is 11.9 Å². The number of benzene rings is 2. The lowest BCUT2D eigenvalue weighted by Crippen LogP contribution is -2.32. The number of nitrogens with zero attached hydrogens (tertiary/aromatic N) is 4. The minimum Gasteiger partial charge on any atom is -0.491 e. The van der Waals surface area contributed by atoms with Crippen LogP contribution in [0.15, 0.2) is 36.5 Å². The minimum atomic E-state index is -0.275. The molecule has 10 heteroatoms. The van der Waals surface area contributed by atoms with Crippen molar-refractivity contribution in [1.82, 2.24) is 19.7 Å². The summed E-state index contributed by atoms with van der Waals surface area (Å²) in [5.41, 5.74) is 11.3. The first-order valence-corrected chi connectivity index (χ1v) is 12.3. The van der Waals surface area contributed by atoms with E-state index in [2.05, 4.69) is 21.9 Å². The lowest BCUT2D eigenvalue weighted by Gasteiger charge is -2.24. The van der Waals surface area contributed by atoms with Crippen LogP contribution < -0.4 is 10.5 Å². The van der Waals surface area contributed by atoms with Gasteiger partial charge in [0.25, 0.3) is 5.91 Å². The molecule has 2 aromatic heterocycles. The number of anilines is 1. The highest BCUT2D eigenvalue weighted by Crippen LogP contribution is 2.38. The van der Waals surface area contributed by atoms with E-state index in [4.69, 9.17) is 38.4 Å². The van der Waals surface area contributed by atoms with Gasteiger partial charge in [0.05, 0.1) is 40.9 Å². The van der Waals surface area contributed by atoms with Crippen molar-refractivity contribution in [3.8, 4) is 17.6 Å². The van der Waals surface area contributed by atoms with Gasteiger partial charge in [-0.15, -0.1) is 0 Å². The summed E-state index contributed by atoms with van der Waals surface area (Å²) in [5.74, 6) is 7.03. The molecule has 0 radical (unpaired) electrons. The predicted molar refractivity (Wildman–Crippen MR) is 141 cm³/mol. The number of aromatic nitrogens is 3. The van der Waals surface area contributed by atoms with Crippen LogP contribution in [-0.4, -0.2) is 39.2 Å². The standard InChI is InChI=1S/C27H21Cl2N5O3/c1-33-10-15(25(29)32-33)5-3-14-4-6-16-23(13-37-24(16)7-14)34(2)27(35)18-8-17-19-11-36-12-20(19)26(30)31-22(17)9-21(18)28/h4,6-10,23H,11-13H2,1-2H3,(H2,30,31)/t23-/m1/s1. The number of amides is 1. The predicted octanol–water partition coefficient (Wildman–Crippen LogP) is 4.49. The molecule has 6 rings (SSSR count). The van der Waals surface area contributed by atoms with E-state index in [0.717, 1.165) is 27.6 Å². The number of nitrogens with two attached hydrogens (primary N) is 1. The van der Waals surface area contributed by atoms with Gasteiger partial charge in [-0.25, -0.2) is 4.98 Å². The number of fused-ring (bicyclic) bond motifs is 4. The van der Waals surface area contributed by atoms with Crippen molar-refractivity contribution in [2.75, 3.05) is 19.4 Å². The van der Waals surface area contributed by atoms with Gasteiger partial charge >= 0.3 is 0 Å². The number of likely N-dealkylation sites (N-methyl/N-ethyl adjacent to an activating group) is 1. The van der Waals surface area contributed by atoms with Crippen molar-refractivity contribution in [2.24, 2.45) is 7.05 Å². The smallest absolute Gasteiger partial charge is 0.255 e. The van der Waals surface area contributed by atoms with Crippen LogP contribution in [0.2, 0.25) is 10.2 Å². The average molecular weight is 534 g/mol. The van der Waals surface area contributed by atoms with E-state index < -0.39 is 0 Å². The molecular formula is C27H21Cl2N5O3. The second kappa shape index (κ2) is 8.96. The molecule has 0 fully saturated rings. The molecule has 8 nitrogen and oxygen atoms in total. The Bertz CT molecular complexity index is 1670. The van der Waals surface area contributed by atoms with Crippen LogP contribution in [0.3, 0.4) is 0 Å². The Kier molecular flexibility index (Phi) is 5.72. The van der Waals surface area contributed by atoms with Crippen molar-refractivity contribution in [1.29, 1.82) is 0 Å². The highest BCUT2D eigenvalue weighted by atomic mass is 35.5. The van der Waals surface area contributed by atoms with Crippen molar-refractivity contribution >= 4 is 45.8 Å². The lowest BCUT2D eigenvalue weighted by atomic mass is 10.0. The van der Waals surface area contributed by atoms with E-state index in [1.807, 2.05) is 18.2 Å². The quantitative estimate of drug-likeness (QED) is 0.381. The number of carbonyl (C=O) groups excluding carboxylic acids is 1. The third-order valence-corrected chi connectivity index (χ3v) is 7.32. The zero-order chi connectivity index (χ0) is 25.8. The SMILES string of the molecule is CN(C(=O)c1cc2c3c(c(N)nc2cc1Cl)COC3)[C@@H]1COc2cc(C#Cc3cn(C)nc3Cl)ccc21. The first-order valence-electron chi connectivity index (χ1n) is 11.5. The van der Waals surface area contributed by atoms with Crippen LogP contribution in [0.4, 0.5) is 5.82 Å². The van der Waals surface area contributed by atoms with Gasteiger partial charge in [-0.1, -0.05) is 41.1 Å². The van der Waals surface area contributed by atoms with E-state index in [1.54, 1.807) is 42.0 Å². The summed E-state index contributed by atoms with van der Waals surface area (Å²) >= 11 is 12.6. The second-order valence-electron chi connectivity index (χ2n) is 9.05. The zero-order valence-electron chi connectivity index (χ0n) is 20.0. The number of rotatable bonds is 2. The van der Waals surface area contributed by atoms with Gasteiger partial charge in [0, 0.05) is 42.4 Å². The van der Waals surface area contributed by atoms with Gasteiger partial charge in [-0.2, -0.15) is 5.10 Å². The first kappa shape index (κ1) is 23.6. The van der Waals surface area contributed by atoms with E-state index >= 15 is 0 Å². The van der Waals surface area contributed by atoms with Crippen LogP contribution in [0, 0.1) is 11.8 Å². The topological polar surface area (TPSA) is 95.5 Å². The van der Waals surface area contributed by atoms with Crippen LogP contribution in [0.25, 0.3) is 10.9 Å². The lowest BCUT2D eigenvalue weighted by molar-refractivity contribution is 0.0709. The number of aryl methyl sites for hydroxylation is 1. The minimum absolute atomic E-state index is 0.215. The summed E-state index contributed by atoms with van der Waals surface area (Å²) in [7, 11) is 3.54. The Morgan fingerprint density at radius 3 is 2.78 bits per heavy atom. The van der Waals surface area contributed by atoms with Crippen LogP contribution in [-0.2, 0) is 25.0 Å². The molecule has 0 saturated carbocycles. The van der Waals surface area contributed by atoms with Gasteiger partial charge in [0.1, 0.15) is 18.2 Å². The highest BCUT2D eigenvalue weighted by Gasteiger charge is 2.32. The molecule has 186 valence electrons. The molecule has 0 unspecified atom stereocenters. The van der Waals surface area contributed by atoms with Gasteiger partial charge in [-0.3, -0.25) is 9.48 Å². The fourth-order valence-corrected chi connectivity index (χ4v) is 5.22. The third kappa shape index (κ3) is 4.05. The fraction of sp³-hybridized carbons (Fsp3) is 0.222. The molecule has 1 amide bonds. The Hall–Kier alpha value is -3.77. The molecule has 0 aliphatic carbocycles. The molecule has 2 aromatic carbocycles. The summed E-state index contributed by atoms with van der Waals surface area (Å²) < 4.78 is 13.1. The molecule has 4 aromatic rings. The number of halogens is 2. The molecule has 2 N–H and O–H groups in total. The van der Waals surface area contributed by atoms with E-state index in [1.165, 1.54) is 0 Å². The average Bonchev–Trinajstić information content (AvgIpc) is 3.60.